The Morgan fingerprint density at radius 3 is 2.90 bits per heavy atom. The molecule has 1 aromatic rings. The molecule has 2 fully saturated rings. The number of amides is 1. The van der Waals surface area contributed by atoms with Gasteiger partial charge in [-0.2, -0.15) is 0 Å². The van der Waals surface area contributed by atoms with Gasteiger partial charge in [-0.05, 0) is 32.1 Å². The van der Waals surface area contributed by atoms with E-state index in [1.54, 1.807) is 6.20 Å². The van der Waals surface area contributed by atoms with E-state index in [4.69, 9.17) is 9.84 Å². The van der Waals surface area contributed by atoms with Crippen molar-refractivity contribution < 1.29 is 19.4 Å². The van der Waals surface area contributed by atoms with Crippen LogP contribution in [0.2, 0.25) is 0 Å². The molecule has 114 valence electrons. The molecule has 3 atom stereocenters. The Hall–Kier alpha value is -1.47. The number of carbonyl (C=O) groups excluding carboxylic acids is 1. The van der Waals surface area contributed by atoms with Crippen LogP contribution in [0.5, 0.6) is 0 Å². The van der Waals surface area contributed by atoms with Gasteiger partial charge in [0.1, 0.15) is 16.0 Å². The SMILES string of the molecule is O=C(N[C@@H]1CC[C@H](C(=O)O)C1)c1cnc(C2CCCO2)s1. The van der Waals surface area contributed by atoms with Gasteiger partial charge < -0.3 is 15.2 Å². The number of hydrogen-bond donors (Lipinski definition) is 2. The molecule has 1 saturated carbocycles. The summed E-state index contributed by atoms with van der Waals surface area (Å²) in [6.45, 7) is 0.754. The number of aliphatic carboxylic acids is 1. The monoisotopic (exact) mass is 310 g/mol. The molecule has 7 heteroatoms. The van der Waals surface area contributed by atoms with Crippen molar-refractivity contribution in [3.05, 3.63) is 16.1 Å². The average molecular weight is 310 g/mol. The first-order valence-corrected chi connectivity index (χ1v) is 8.06. The molecule has 1 aliphatic carbocycles. The molecule has 0 radical (unpaired) electrons. The second-order valence-electron chi connectivity index (χ2n) is 5.58. The number of nitrogens with zero attached hydrogens (tertiary/aromatic N) is 1. The molecular formula is C14H18N2O4S. The molecule has 21 heavy (non-hydrogen) atoms. The molecular weight excluding hydrogens is 292 g/mol. The zero-order valence-corrected chi connectivity index (χ0v) is 12.4. The summed E-state index contributed by atoms with van der Waals surface area (Å²) in [5.41, 5.74) is 0. The predicted molar refractivity (Wildman–Crippen MR) is 76.3 cm³/mol. The van der Waals surface area contributed by atoms with Gasteiger partial charge in [0.05, 0.1) is 12.1 Å². The fourth-order valence-corrected chi connectivity index (χ4v) is 3.81. The quantitative estimate of drug-likeness (QED) is 0.887. The van der Waals surface area contributed by atoms with Crippen molar-refractivity contribution in [2.75, 3.05) is 6.61 Å². The zero-order valence-electron chi connectivity index (χ0n) is 11.6. The molecule has 0 spiro atoms. The number of nitrogens with one attached hydrogen (secondary N) is 1. The van der Waals surface area contributed by atoms with Crippen LogP contribution in [0, 0.1) is 5.92 Å². The number of hydrogen-bond acceptors (Lipinski definition) is 5. The van der Waals surface area contributed by atoms with Crippen molar-refractivity contribution in [1.29, 1.82) is 0 Å². The van der Waals surface area contributed by atoms with Gasteiger partial charge in [0.15, 0.2) is 0 Å². The van der Waals surface area contributed by atoms with Crippen LogP contribution in [0.15, 0.2) is 6.20 Å². The van der Waals surface area contributed by atoms with Crippen LogP contribution < -0.4 is 5.32 Å². The van der Waals surface area contributed by atoms with Crippen molar-refractivity contribution in [2.24, 2.45) is 5.92 Å². The fraction of sp³-hybridized carbons (Fsp3) is 0.643. The summed E-state index contributed by atoms with van der Waals surface area (Å²) in [4.78, 5) is 27.9. The first-order valence-electron chi connectivity index (χ1n) is 7.24. The summed E-state index contributed by atoms with van der Waals surface area (Å²) in [6, 6.07) is -0.0492. The molecule has 0 bridgehead atoms. The van der Waals surface area contributed by atoms with Gasteiger partial charge >= 0.3 is 5.97 Å². The molecule has 3 rings (SSSR count). The maximum absolute atomic E-state index is 12.2. The van der Waals surface area contributed by atoms with Crippen LogP contribution in [0.3, 0.4) is 0 Å². The normalized spacial score (nSPS) is 28.7. The van der Waals surface area contributed by atoms with Gasteiger partial charge in [-0.15, -0.1) is 11.3 Å². The summed E-state index contributed by atoms with van der Waals surface area (Å²) < 4.78 is 5.56. The summed E-state index contributed by atoms with van der Waals surface area (Å²) in [6.07, 6.45) is 5.46. The molecule has 0 aromatic carbocycles. The van der Waals surface area contributed by atoms with Crippen molar-refractivity contribution in [1.82, 2.24) is 10.3 Å². The highest BCUT2D eigenvalue weighted by atomic mass is 32.1. The van der Waals surface area contributed by atoms with E-state index in [1.807, 2.05) is 0 Å². The molecule has 2 heterocycles. The summed E-state index contributed by atoms with van der Waals surface area (Å²) in [5, 5.41) is 12.7. The highest BCUT2D eigenvalue weighted by Crippen LogP contribution is 2.31. The zero-order chi connectivity index (χ0) is 14.8. The number of carbonyl (C=O) groups is 2. The van der Waals surface area contributed by atoms with E-state index >= 15 is 0 Å². The van der Waals surface area contributed by atoms with Crippen LogP contribution in [-0.2, 0) is 9.53 Å². The first kappa shape index (κ1) is 14.5. The molecule has 1 unspecified atom stereocenters. The molecule has 1 saturated heterocycles. The third-order valence-electron chi connectivity index (χ3n) is 4.07. The van der Waals surface area contributed by atoms with Crippen molar-refractivity contribution in [3.63, 3.8) is 0 Å². The van der Waals surface area contributed by atoms with Gasteiger partial charge in [-0.25, -0.2) is 4.98 Å². The number of ether oxygens (including phenoxy) is 1. The molecule has 6 nitrogen and oxygen atoms in total. The van der Waals surface area contributed by atoms with Crippen molar-refractivity contribution >= 4 is 23.2 Å². The van der Waals surface area contributed by atoms with E-state index in [0.29, 0.717) is 17.7 Å². The average Bonchev–Trinajstić information content (AvgIpc) is 3.19. The van der Waals surface area contributed by atoms with Gasteiger partial charge in [-0.3, -0.25) is 9.59 Å². The van der Waals surface area contributed by atoms with E-state index in [1.165, 1.54) is 11.3 Å². The first-order chi connectivity index (χ1) is 10.1. The third-order valence-corrected chi connectivity index (χ3v) is 5.16. The van der Waals surface area contributed by atoms with Crippen LogP contribution in [-0.4, -0.2) is 34.6 Å². The largest absolute Gasteiger partial charge is 0.481 e. The lowest BCUT2D eigenvalue weighted by Crippen LogP contribution is -2.32. The number of carboxylic acid groups (broad SMARTS) is 1. The Balaban J connectivity index is 1.57. The third kappa shape index (κ3) is 3.24. The Kier molecular flexibility index (Phi) is 4.21. The molecule has 2 aliphatic rings. The van der Waals surface area contributed by atoms with E-state index in [-0.39, 0.29) is 24.0 Å². The lowest BCUT2D eigenvalue weighted by molar-refractivity contribution is -0.141. The highest BCUT2D eigenvalue weighted by Gasteiger charge is 2.31. The molecule has 1 aromatic heterocycles. The van der Waals surface area contributed by atoms with Crippen LogP contribution in [0.4, 0.5) is 0 Å². The maximum atomic E-state index is 12.2. The standard InChI is InChI=1S/C14H18N2O4S/c17-12(16-9-4-3-8(6-9)14(18)19)11-7-15-13(21-11)10-2-1-5-20-10/h7-10H,1-6H2,(H,16,17)(H,18,19)/t8-,9+,10?/m0/s1. The Morgan fingerprint density at radius 2 is 2.24 bits per heavy atom. The minimum Gasteiger partial charge on any atom is -0.481 e. The Labute approximate surface area is 126 Å². The number of carboxylic acids is 1. The fourth-order valence-electron chi connectivity index (χ4n) is 2.91. The number of thiazole rings is 1. The van der Waals surface area contributed by atoms with Gasteiger partial charge in [0.25, 0.3) is 5.91 Å². The summed E-state index contributed by atoms with van der Waals surface area (Å²) >= 11 is 1.36. The van der Waals surface area contributed by atoms with E-state index in [9.17, 15) is 9.59 Å². The van der Waals surface area contributed by atoms with E-state index in [0.717, 1.165) is 30.9 Å². The lowest BCUT2D eigenvalue weighted by Gasteiger charge is -2.11. The smallest absolute Gasteiger partial charge is 0.306 e. The second kappa shape index (κ2) is 6.11. The van der Waals surface area contributed by atoms with Crippen molar-refractivity contribution in [2.45, 2.75) is 44.2 Å². The molecule has 1 amide bonds. The van der Waals surface area contributed by atoms with Gasteiger partial charge in [0, 0.05) is 12.6 Å². The van der Waals surface area contributed by atoms with Crippen LogP contribution in [0.25, 0.3) is 0 Å². The maximum Gasteiger partial charge on any atom is 0.306 e. The van der Waals surface area contributed by atoms with Gasteiger partial charge in [0.2, 0.25) is 0 Å². The summed E-state index contributed by atoms with van der Waals surface area (Å²) in [5.74, 6) is -1.27. The number of aromatic nitrogens is 1. The van der Waals surface area contributed by atoms with Crippen molar-refractivity contribution in [3.8, 4) is 0 Å². The topological polar surface area (TPSA) is 88.5 Å². The van der Waals surface area contributed by atoms with E-state index in [2.05, 4.69) is 10.3 Å². The predicted octanol–water partition coefficient (Wildman–Crippen LogP) is 1.98. The number of rotatable bonds is 4. The Morgan fingerprint density at radius 1 is 1.38 bits per heavy atom. The Bertz CT molecular complexity index is 539. The minimum absolute atomic E-state index is 0.0272. The van der Waals surface area contributed by atoms with Gasteiger partial charge in [-0.1, -0.05) is 0 Å². The van der Waals surface area contributed by atoms with E-state index < -0.39 is 5.97 Å². The summed E-state index contributed by atoms with van der Waals surface area (Å²) in [7, 11) is 0. The van der Waals surface area contributed by atoms with Crippen LogP contribution >= 0.6 is 11.3 Å². The second-order valence-corrected chi connectivity index (χ2v) is 6.65. The molecule has 2 N–H and O–H groups in total. The van der Waals surface area contributed by atoms with Crippen LogP contribution in [0.1, 0.15) is 52.9 Å². The molecule has 1 aliphatic heterocycles. The highest BCUT2D eigenvalue weighted by molar-refractivity contribution is 7.13. The lowest BCUT2D eigenvalue weighted by atomic mass is 10.1. The minimum atomic E-state index is -0.773.